The lowest BCUT2D eigenvalue weighted by atomic mass is 9.58. The molecule has 0 bridgehead atoms. The van der Waals surface area contributed by atoms with Crippen LogP contribution in [0.25, 0.3) is 90.2 Å². The molecule has 8 aromatic carbocycles. The van der Waals surface area contributed by atoms with Crippen LogP contribution in [0.5, 0.6) is 0 Å². The molecule has 346 valence electrons. The molecule has 3 aromatic heterocycles. The van der Waals surface area contributed by atoms with Crippen molar-refractivity contribution in [3.8, 4) is 16.8 Å². The van der Waals surface area contributed by atoms with Gasteiger partial charge in [0.25, 0.3) is 0 Å². The molecule has 0 radical (unpaired) electrons. The highest BCUT2D eigenvalue weighted by atomic mass is 32.1. The Hall–Kier alpha value is -6.86. The third-order valence-electron chi connectivity index (χ3n) is 16.7. The Balaban J connectivity index is 1.04. The number of benzene rings is 8. The van der Waals surface area contributed by atoms with Gasteiger partial charge >= 0.3 is 0 Å². The van der Waals surface area contributed by atoms with Crippen LogP contribution in [0.1, 0.15) is 89.1 Å². The lowest BCUT2D eigenvalue weighted by molar-refractivity contribution is 0.332. The summed E-state index contributed by atoms with van der Waals surface area (Å²) in [5, 5.41) is 12.0. The molecule has 0 amide bonds. The molecule has 11 aromatic rings. The second-order valence-corrected chi connectivity index (χ2v) is 25.2. The number of anilines is 3. The van der Waals surface area contributed by atoms with E-state index in [1.807, 2.05) is 22.7 Å². The zero-order valence-corrected chi connectivity index (χ0v) is 43.5. The monoisotopic (exact) mass is 953 g/mol. The predicted octanol–water partition coefficient (Wildman–Crippen LogP) is 16.8. The van der Waals surface area contributed by atoms with E-state index in [0.29, 0.717) is 0 Å². The molecule has 71 heavy (non-hydrogen) atoms. The van der Waals surface area contributed by atoms with Crippen molar-refractivity contribution in [1.82, 2.24) is 4.57 Å². The number of nitrogens with one attached hydrogen (secondary N) is 1. The summed E-state index contributed by atoms with van der Waals surface area (Å²) in [4.78, 5) is 2.37. The van der Waals surface area contributed by atoms with Crippen LogP contribution in [-0.2, 0) is 16.2 Å². The molecular formula is C65H56BN3S2. The molecule has 0 saturated heterocycles. The smallest absolute Gasteiger partial charge is 0.198 e. The van der Waals surface area contributed by atoms with E-state index in [9.17, 15) is 0 Å². The number of hydrogen-bond acceptors (Lipinski definition) is 4. The summed E-state index contributed by atoms with van der Waals surface area (Å²) in [6.45, 7) is 21.4. The van der Waals surface area contributed by atoms with Crippen LogP contribution in [0.15, 0.2) is 152 Å². The fourth-order valence-electron chi connectivity index (χ4n) is 12.5. The van der Waals surface area contributed by atoms with Gasteiger partial charge < -0.3 is 14.8 Å². The van der Waals surface area contributed by atoms with Gasteiger partial charge in [-0.25, -0.2) is 0 Å². The van der Waals surface area contributed by atoms with Gasteiger partial charge in [-0.15, -0.1) is 22.7 Å². The Labute approximate surface area is 425 Å². The van der Waals surface area contributed by atoms with Gasteiger partial charge in [-0.3, -0.25) is 0 Å². The number of allylic oxidation sites excluding steroid dienone is 2. The number of fused-ring (bicyclic) bond motifs is 13. The molecule has 3 nitrogen and oxygen atoms in total. The first-order chi connectivity index (χ1) is 34.1. The zero-order valence-electron chi connectivity index (χ0n) is 41.9. The molecule has 3 aliphatic rings. The SMILES string of the molecule is C=C1C=C(c2ccccc2)N(C)c2cc3c(cc21)Bc1c(-c2cc4c(cc2Nc2ccc(C(C)(C)C)cc2)sc2cc5c(cc24)C(C)(C)CCC5(C)C)ccc2c4cc5c(cc4n-3c12)sc1ccccc15. The molecule has 1 aliphatic carbocycles. The Morgan fingerprint density at radius 2 is 1.27 bits per heavy atom. The maximum Gasteiger partial charge on any atom is 0.198 e. The summed E-state index contributed by atoms with van der Waals surface area (Å²) in [5.74, 6) is 0. The second kappa shape index (κ2) is 14.9. The first-order valence-electron chi connectivity index (χ1n) is 25.3. The average Bonchev–Trinajstić information content (AvgIpc) is 4.01. The van der Waals surface area contributed by atoms with Gasteiger partial charge in [0.05, 0.1) is 11.2 Å². The summed E-state index contributed by atoms with van der Waals surface area (Å²) in [6, 6.07) is 53.6. The minimum absolute atomic E-state index is 0.0680. The molecule has 0 spiro atoms. The molecule has 1 N–H and O–H groups in total. The highest BCUT2D eigenvalue weighted by molar-refractivity contribution is 7.26. The highest BCUT2D eigenvalue weighted by Crippen LogP contribution is 2.51. The molecule has 5 heterocycles. The first kappa shape index (κ1) is 43.0. The van der Waals surface area contributed by atoms with Crippen molar-refractivity contribution in [2.45, 2.75) is 77.6 Å². The van der Waals surface area contributed by atoms with E-state index in [-0.39, 0.29) is 16.2 Å². The van der Waals surface area contributed by atoms with Gasteiger partial charge in [0.15, 0.2) is 7.28 Å². The van der Waals surface area contributed by atoms with Crippen molar-refractivity contribution in [3.05, 3.63) is 180 Å². The molecule has 14 rings (SSSR count). The number of hydrogen-bond donors (Lipinski definition) is 1. The Bertz CT molecular complexity index is 4170. The maximum atomic E-state index is 4.70. The fourth-order valence-corrected chi connectivity index (χ4v) is 14.8. The molecule has 0 unspecified atom stereocenters. The third kappa shape index (κ3) is 6.39. The minimum Gasteiger partial charge on any atom is -0.355 e. The van der Waals surface area contributed by atoms with E-state index in [2.05, 4.69) is 216 Å². The van der Waals surface area contributed by atoms with Crippen molar-refractivity contribution in [2.75, 3.05) is 17.3 Å². The summed E-state index contributed by atoms with van der Waals surface area (Å²) in [5.41, 5.74) is 21.6. The normalized spacial score (nSPS) is 15.9. The molecular weight excluding hydrogens is 898 g/mol. The summed E-state index contributed by atoms with van der Waals surface area (Å²) >= 11 is 3.84. The molecule has 6 heteroatoms. The van der Waals surface area contributed by atoms with E-state index in [4.69, 9.17) is 6.58 Å². The number of rotatable bonds is 4. The second-order valence-electron chi connectivity index (χ2n) is 23.1. The van der Waals surface area contributed by atoms with Crippen LogP contribution in [0.4, 0.5) is 17.1 Å². The standard InChI is InChI=1S/C65H56BN3S2/c1-36-27-53(37-15-11-10-12-16-37)68(9)54-34-56-51(31-43(36)54)66-61-41(23-24-42-45-29-46-40-17-13-14-18-57(40)70-60(46)35-55(45)69(56)62(42)61)44-28-47-48-30-49-50(65(7,8)26-25-64(49,5)6)32-58(48)71-59(47)33-52(44)67-39-21-19-38(20-22-39)63(2,3)4/h10-24,27-35,66-67H,1,25-26H2,2-9H3. The van der Waals surface area contributed by atoms with Crippen molar-refractivity contribution in [3.63, 3.8) is 0 Å². The van der Waals surface area contributed by atoms with Gasteiger partial charge in [-0.05, 0) is 135 Å². The van der Waals surface area contributed by atoms with Crippen molar-refractivity contribution < 1.29 is 0 Å². The molecule has 2 aliphatic heterocycles. The molecule has 0 atom stereocenters. The lowest BCUT2D eigenvalue weighted by Crippen LogP contribution is -2.38. The van der Waals surface area contributed by atoms with Gasteiger partial charge in [0.2, 0.25) is 0 Å². The Morgan fingerprint density at radius 1 is 0.592 bits per heavy atom. The van der Waals surface area contributed by atoms with Crippen molar-refractivity contribution in [2.24, 2.45) is 0 Å². The predicted molar refractivity (Wildman–Crippen MR) is 314 cm³/mol. The molecule has 0 fully saturated rings. The number of aromatic nitrogens is 1. The van der Waals surface area contributed by atoms with Crippen molar-refractivity contribution >= 4 is 131 Å². The van der Waals surface area contributed by atoms with Crippen LogP contribution < -0.4 is 21.1 Å². The summed E-state index contributed by atoms with van der Waals surface area (Å²) in [6.07, 6.45) is 4.66. The zero-order chi connectivity index (χ0) is 48.5. The summed E-state index contributed by atoms with van der Waals surface area (Å²) in [7, 11) is 3.01. The van der Waals surface area contributed by atoms with E-state index in [1.54, 1.807) is 0 Å². The minimum atomic E-state index is 0.0680. The van der Waals surface area contributed by atoms with Gasteiger partial charge in [0, 0.05) is 97.6 Å². The number of nitrogens with zero attached hydrogens (tertiary/aromatic N) is 2. The highest BCUT2D eigenvalue weighted by Gasteiger charge is 2.38. The van der Waals surface area contributed by atoms with E-state index in [0.717, 1.165) is 29.9 Å². The van der Waals surface area contributed by atoms with Gasteiger partial charge in [0.1, 0.15) is 0 Å². The number of thiophene rings is 2. The van der Waals surface area contributed by atoms with Gasteiger partial charge in [-0.1, -0.05) is 139 Å². The van der Waals surface area contributed by atoms with Crippen molar-refractivity contribution in [1.29, 1.82) is 0 Å². The van der Waals surface area contributed by atoms with Crippen LogP contribution in [0.3, 0.4) is 0 Å². The quantitative estimate of drug-likeness (QED) is 0.177. The van der Waals surface area contributed by atoms with E-state index >= 15 is 0 Å². The lowest BCUT2D eigenvalue weighted by Gasteiger charge is -2.41. The largest absolute Gasteiger partial charge is 0.355 e. The topological polar surface area (TPSA) is 20.2 Å². The van der Waals surface area contributed by atoms with Crippen LogP contribution in [0.2, 0.25) is 0 Å². The average molecular weight is 954 g/mol. The van der Waals surface area contributed by atoms with E-state index in [1.165, 1.54) is 136 Å². The Kier molecular flexibility index (Phi) is 8.99. The van der Waals surface area contributed by atoms with Crippen LogP contribution >= 0.6 is 22.7 Å². The molecule has 0 saturated carbocycles. The van der Waals surface area contributed by atoms with Crippen LogP contribution in [-0.4, -0.2) is 18.9 Å². The van der Waals surface area contributed by atoms with Gasteiger partial charge in [-0.2, -0.15) is 0 Å². The van der Waals surface area contributed by atoms with E-state index < -0.39 is 0 Å². The summed E-state index contributed by atoms with van der Waals surface area (Å²) < 4.78 is 7.95. The van der Waals surface area contributed by atoms with Crippen LogP contribution in [0, 0.1) is 0 Å². The third-order valence-corrected chi connectivity index (χ3v) is 18.9. The maximum absolute atomic E-state index is 4.70. The first-order valence-corrected chi connectivity index (χ1v) is 26.9. The Morgan fingerprint density at radius 3 is 2.04 bits per heavy atom. The fraction of sp³-hybridized carbons (Fsp3) is 0.200.